The number of aromatic nitrogens is 2. The predicted octanol–water partition coefficient (Wildman–Crippen LogP) is 3.41. The summed E-state index contributed by atoms with van der Waals surface area (Å²) in [7, 11) is 0. The Bertz CT molecular complexity index is 583. The van der Waals surface area contributed by atoms with Gasteiger partial charge in [0.15, 0.2) is 0 Å². The van der Waals surface area contributed by atoms with Crippen LogP contribution in [0.4, 0.5) is 0 Å². The molecule has 108 valence electrons. The van der Waals surface area contributed by atoms with Gasteiger partial charge in [0.2, 0.25) is 0 Å². The summed E-state index contributed by atoms with van der Waals surface area (Å²) < 4.78 is 0. The average molecular weight is 272 g/mol. The van der Waals surface area contributed by atoms with Crippen molar-refractivity contribution in [2.45, 2.75) is 53.1 Å². The van der Waals surface area contributed by atoms with Crippen molar-refractivity contribution >= 4 is 0 Å². The molecule has 3 nitrogen and oxygen atoms in total. The van der Waals surface area contributed by atoms with E-state index >= 15 is 0 Å². The lowest BCUT2D eigenvalue weighted by Gasteiger charge is -2.22. The summed E-state index contributed by atoms with van der Waals surface area (Å²) in [5, 5.41) is 9.08. The van der Waals surface area contributed by atoms with Crippen molar-refractivity contribution in [3.8, 4) is 0 Å². The van der Waals surface area contributed by atoms with Crippen LogP contribution in [-0.2, 0) is 18.4 Å². The third kappa shape index (κ3) is 3.10. The number of aliphatic hydroxyl groups excluding tert-OH is 1. The summed E-state index contributed by atoms with van der Waals surface area (Å²) in [4.78, 5) is 7.47. The van der Waals surface area contributed by atoms with Gasteiger partial charge >= 0.3 is 0 Å². The summed E-state index contributed by atoms with van der Waals surface area (Å²) in [5.41, 5.74) is 6.22. The molecular weight excluding hydrogens is 248 g/mol. The molecule has 1 heterocycles. The molecule has 0 amide bonds. The van der Waals surface area contributed by atoms with Crippen LogP contribution in [0.1, 0.15) is 54.5 Å². The Morgan fingerprint density at radius 1 is 1.15 bits per heavy atom. The Morgan fingerprint density at radius 2 is 1.75 bits per heavy atom. The van der Waals surface area contributed by atoms with Gasteiger partial charge in [-0.1, -0.05) is 32.9 Å². The molecule has 1 aromatic carbocycles. The number of imidazole rings is 1. The fourth-order valence-corrected chi connectivity index (χ4v) is 2.45. The molecule has 0 aliphatic rings. The minimum Gasteiger partial charge on any atom is -0.390 e. The van der Waals surface area contributed by atoms with Crippen LogP contribution in [0.5, 0.6) is 0 Å². The molecule has 0 fully saturated rings. The lowest BCUT2D eigenvalue weighted by atomic mass is 9.83. The van der Waals surface area contributed by atoms with Crippen LogP contribution < -0.4 is 0 Å². The number of hydrogen-bond donors (Lipinski definition) is 2. The molecule has 0 aliphatic heterocycles. The second-order valence-corrected chi connectivity index (χ2v) is 6.53. The Balaban J connectivity index is 2.33. The number of nitrogens with one attached hydrogen (secondary N) is 1. The molecule has 2 N–H and O–H groups in total. The third-order valence-electron chi connectivity index (χ3n) is 3.76. The third-order valence-corrected chi connectivity index (χ3v) is 3.76. The molecule has 3 heteroatoms. The lowest BCUT2D eigenvalue weighted by molar-refractivity contribution is 0.277. The lowest BCUT2D eigenvalue weighted by Crippen LogP contribution is -2.12. The number of aliphatic hydroxyl groups is 1. The van der Waals surface area contributed by atoms with Crippen molar-refractivity contribution in [1.29, 1.82) is 0 Å². The van der Waals surface area contributed by atoms with Gasteiger partial charge in [-0.2, -0.15) is 0 Å². The van der Waals surface area contributed by atoms with Crippen LogP contribution in [-0.4, -0.2) is 15.1 Å². The molecule has 2 aromatic rings. The monoisotopic (exact) mass is 272 g/mol. The van der Waals surface area contributed by atoms with Crippen molar-refractivity contribution in [3.63, 3.8) is 0 Å². The fraction of sp³-hybridized carbons (Fsp3) is 0.471. The maximum atomic E-state index is 9.08. The molecule has 0 radical (unpaired) electrons. The maximum absolute atomic E-state index is 9.08. The minimum atomic E-state index is 0.00786. The number of H-pyrrole nitrogens is 1. The first-order chi connectivity index (χ1) is 9.31. The van der Waals surface area contributed by atoms with Crippen LogP contribution in [0, 0.1) is 13.8 Å². The summed E-state index contributed by atoms with van der Waals surface area (Å²) in [5.74, 6) is 0.906. The second-order valence-electron chi connectivity index (χ2n) is 6.53. The predicted molar refractivity (Wildman–Crippen MR) is 81.9 cm³/mol. The molecule has 0 unspecified atom stereocenters. The first-order valence-electron chi connectivity index (χ1n) is 7.05. The SMILES string of the molecule is Cc1cc(C(C)(C)C)cc(C)c1Cc1ncc(CO)[nH]1. The standard InChI is InChI=1S/C17H24N2O/c1-11-6-13(17(3,4)5)7-12(2)15(11)8-16-18-9-14(10-20)19-16/h6-7,9,20H,8,10H2,1-5H3,(H,18,19). The Morgan fingerprint density at radius 3 is 2.20 bits per heavy atom. The van der Waals surface area contributed by atoms with E-state index in [0.717, 1.165) is 17.9 Å². The van der Waals surface area contributed by atoms with Gasteiger partial charge in [0.1, 0.15) is 5.82 Å². The van der Waals surface area contributed by atoms with Crippen molar-refractivity contribution in [3.05, 3.63) is 52.1 Å². The topological polar surface area (TPSA) is 48.9 Å². The molecular formula is C17H24N2O. The fourth-order valence-electron chi connectivity index (χ4n) is 2.45. The highest BCUT2D eigenvalue weighted by atomic mass is 16.3. The molecule has 0 aliphatic carbocycles. The second kappa shape index (κ2) is 5.41. The molecule has 0 spiro atoms. The molecule has 0 saturated carbocycles. The molecule has 1 aromatic heterocycles. The maximum Gasteiger partial charge on any atom is 0.110 e. The first kappa shape index (κ1) is 14.8. The van der Waals surface area contributed by atoms with E-state index < -0.39 is 0 Å². The zero-order valence-electron chi connectivity index (χ0n) is 13.0. The summed E-state index contributed by atoms with van der Waals surface area (Å²) in [6, 6.07) is 4.55. The summed E-state index contributed by atoms with van der Waals surface area (Å²) in [6.45, 7) is 11.0. The van der Waals surface area contributed by atoms with Crippen molar-refractivity contribution in [2.24, 2.45) is 0 Å². The number of benzene rings is 1. The van der Waals surface area contributed by atoms with Crippen molar-refractivity contribution in [2.75, 3.05) is 0 Å². The van der Waals surface area contributed by atoms with Gasteiger partial charge in [-0.15, -0.1) is 0 Å². The molecule has 20 heavy (non-hydrogen) atoms. The molecule has 2 rings (SSSR count). The van der Waals surface area contributed by atoms with Crippen LogP contribution in [0.3, 0.4) is 0 Å². The minimum absolute atomic E-state index is 0.00786. The van der Waals surface area contributed by atoms with E-state index in [1.807, 2.05) is 0 Å². The number of aryl methyl sites for hydroxylation is 2. The Labute approximate surface area is 121 Å². The number of nitrogens with zero attached hydrogens (tertiary/aromatic N) is 1. The highest BCUT2D eigenvalue weighted by Gasteiger charge is 2.16. The highest BCUT2D eigenvalue weighted by molar-refractivity contribution is 5.41. The van der Waals surface area contributed by atoms with Crippen molar-refractivity contribution < 1.29 is 5.11 Å². The van der Waals surface area contributed by atoms with E-state index in [-0.39, 0.29) is 12.0 Å². The van der Waals surface area contributed by atoms with Gasteiger partial charge in [-0.05, 0) is 41.5 Å². The van der Waals surface area contributed by atoms with E-state index in [1.54, 1.807) is 6.20 Å². The van der Waals surface area contributed by atoms with Gasteiger partial charge in [-0.25, -0.2) is 4.98 Å². The zero-order valence-corrected chi connectivity index (χ0v) is 13.0. The van der Waals surface area contributed by atoms with Gasteiger partial charge in [-0.3, -0.25) is 0 Å². The Kier molecular flexibility index (Phi) is 4.00. The van der Waals surface area contributed by atoms with E-state index in [0.29, 0.717) is 0 Å². The molecule has 0 bridgehead atoms. The zero-order chi connectivity index (χ0) is 14.9. The molecule has 0 saturated heterocycles. The van der Waals surface area contributed by atoms with Gasteiger partial charge in [0, 0.05) is 6.42 Å². The molecule has 0 atom stereocenters. The van der Waals surface area contributed by atoms with E-state index in [2.05, 4.69) is 56.7 Å². The van der Waals surface area contributed by atoms with Crippen LogP contribution in [0.25, 0.3) is 0 Å². The van der Waals surface area contributed by atoms with E-state index in [9.17, 15) is 0 Å². The van der Waals surface area contributed by atoms with Gasteiger partial charge in [0.25, 0.3) is 0 Å². The highest BCUT2D eigenvalue weighted by Crippen LogP contribution is 2.27. The van der Waals surface area contributed by atoms with Gasteiger partial charge < -0.3 is 10.1 Å². The van der Waals surface area contributed by atoms with Gasteiger partial charge in [0.05, 0.1) is 18.5 Å². The summed E-state index contributed by atoms with van der Waals surface area (Å²) in [6.07, 6.45) is 2.48. The van der Waals surface area contributed by atoms with Crippen LogP contribution in [0.2, 0.25) is 0 Å². The van der Waals surface area contributed by atoms with Crippen LogP contribution >= 0.6 is 0 Å². The van der Waals surface area contributed by atoms with Crippen molar-refractivity contribution in [1.82, 2.24) is 9.97 Å². The average Bonchev–Trinajstić information content (AvgIpc) is 2.80. The summed E-state index contributed by atoms with van der Waals surface area (Å²) >= 11 is 0. The quantitative estimate of drug-likeness (QED) is 0.899. The number of hydrogen-bond acceptors (Lipinski definition) is 2. The van der Waals surface area contributed by atoms with E-state index in [1.165, 1.54) is 22.3 Å². The smallest absolute Gasteiger partial charge is 0.110 e. The Hall–Kier alpha value is -1.61. The first-order valence-corrected chi connectivity index (χ1v) is 7.05. The normalized spacial score (nSPS) is 11.9. The number of rotatable bonds is 3. The largest absolute Gasteiger partial charge is 0.390 e. The number of aromatic amines is 1. The van der Waals surface area contributed by atoms with E-state index in [4.69, 9.17) is 5.11 Å². The van der Waals surface area contributed by atoms with Crippen LogP contribution in [0.15, 0.2) is 18.3 Å².